The van der Waals surface area contributed by atoms with Crippen molar-refractivity contribution in [1.82, 2.24) is 4.90 Å². The van der Waals surface area contributed by atoms with Gasteiger partial charge in [-0.25, -0.2) is 4.90 Å². The third-order valence-electron chi connectivity index (χ3n) is 6.13. The fourth-order valence-corrected chi connectivity index (χ4v) is 5.77. The lowest BCUT2D eigenvalue weighted by atomic mass is 9.88. The molecule has 4 saturated heterocycles. The second kappa shape index (κ2) is 5.30. The molecule has 4 fully saturated rings. The molecule has 5 aliphatic heterocycles. The van der Waals surface area contributed by atoms with Crippen LogP contribution < -0.4 is 4.74 Å². The number of ether oxygens (including phenoxy) is 3. The Kier molecular flexibility index (Phi) is 3.12. The molecule has 7 rings (SSSR count). The highest BCUT2D eigenvalue weighted by Gasteiger charge is 2.62. The van der Waals surface area contributed by atoms with E-state index in [1.54, 1.807) is 0 Å². The number of rotatable bonds is 2. The fraction of sp³-hybridized carbons (Fsp3) is 0.500. The monoisotopic (exact) mass is 355 g/mol. The molecule has 1 aromatic heterocycles. The summed E-state index contributed by atoms with van der Waals surface area (Å²) >= 11 is 1.84. The Morgan fingerprint density at radius 2 is 2.20 bits per heavy atom. The second-order valence-corrected chi connectivity index (χ2v) is 8.42. The first-order chi connectivity index (χ1) is 12.3. The Morgan fingerprint density at radius 1 is 1.24 bits per heavy atom. The molecule has 0 N–H and O–H groups in total. The van der Waals surface area contributed by atoms with Crippen LogP contribution in [0.3, 0.4) is 0 Å². The van der Waals surface area contributed by atoms with Crippen molar-refractivity contribution in [1.29, 1.82) is 0 Å². The molecule has 2 bridgehead atoms. The van der Waals surface area contributed by atoms with Crippen LogP contribution in [0.5, 0.6) is 5.75 Å². The van der Waals surface area contributed by atoms with Crippen molar-refractivity contribution in [2.75, 3.05) is 13.2 Å². The van der Waals surface area contributed by atoms with Crippen LogP contribution >= 0.6 is 11.3 Å². The van der Waals surface area contributed by atoms with Crippen molar-refractivity contribution in [3.05, 3.63) is 51.7 Å². The molecule has 0 aliphatic carbocycles. The Morgan fingerprint density at radius 3 is 3.08 bits per heavy atom. The molecule has 5 heteroatoms. The van der Waals surface area contributed by atoms with Gasteiger partial charge in [0, 0.05) is 29.3 Å². The average Bonchev–Trinajstić information content (AvgIpc) is 3.29. The second-order valence-electron chi connectivity index (χ2n) is 7.44. The number of aryl methyl sites for hydroxylation is 1. The van der Waals surface area contributed by atoms with E-state index in [2.05, 4.69) is 40.6 Å². The topological polar surface area (TPSA) is 30.9 Å². The standard InChI is InChI=1S/C20H21NO3S/c1-3-13-5-6-14(11-16(13)22-9-1)20-12-18(24-20)23-19-15(7-8-21(19)20)17-4-2-10-25-17/h2,4-6,10-11,15,18-19H,1,3,7-9,12H2. The summed E-state index contributed by atoms with van der Waals surface area (Å²) in [7, 11) is 0. The summed E-state index contributed by atoms with van der Waals surface area (Å²) in [5, 5.41) is 2.16. The van der Waals surface area contributed by atoms with E-state index >= 15 is 0 Å². The van der Waals surface area contributed by atoms with Crippen molar-refractivity contribution in [2.24, 2.45) is 0 Å². The van der Waals surface area contributed by atoms with Gasteiger partial charge in [0.2, 0.25) is 0 Å². The van der Waals surface area contributed by atoms with E-state index in [9.17, 15) is 0 Å². The minimum Gasteiger partial charge on any atom is -0.493 e. The van der Waals surface area contributed by atoms with Gasteiger partial charge in [0.05, 0.1) is 6.61 Å². The van der Waals surface area contributed by atoms with Crippen LogP contribution in [0.25, 0.3) is 0 Å². The molecule has 4 atom stereocenters. The number of hydrogen-bond donors (Lipinski definition) is 0. The zero-order valence-electron chi connectivity index (χ0n) is 14.0. The van der Waals surface area contributed by atoms with Gasteiger partial charge in [0.15, 0.2) is 12.0 Å². The van der Waals surface area contributed by atoms with Crippen LogP contribution in [0.15, 0.2) is 35.7 Å². The summed E-state index contributed by atoms with van der Waals surface area (Å²) < 4.78 is 18.4. The lowest BCUT2D eigenvalue weighted by Gasteiger charge is -2.60. The van der Waals surface area contributed by atoms with E-state index in [1.807, 2.05) is 11.3 Å². The van der Waals surface area contributed by atoms with Crippen LogP contribution in [0.2, 0.25) is 0 Å². The molecule has 0 radical (unpaired) electrons. The molecule has 0 spiro atoms. The zero-order chi connectivity index (χ0) is 16.4. The lowest BCUT2D eigenvalue weighted by Crippen LogP contribution is -2.68. The van der Waals surface area contributed by atoms with Crippen molar-refractivity contribution in [3.63, 3.8) is 0 Å². The van der Waals surface area contributed by atoms with Gasteiger partial charge in [-0.15, -0.1) is 11.3 Å². The number of thiophene rings is 1. The van der Waals surface area contributed by atoms with Crippen LogP contribution in [0.1, 0.15) is 41.2 Å². The van der Waals surface area contributed by atoms with Crippen LogP contribution in [-0.4, -0.2) is 30.6 Å². The first-order valence-corrected chi connectivity index (χ1v) is 10.1. The zero-order valence-corrected chi connectivity index (χ0v) is 14.8. The number of fused-ring (bicyclic) bond motifs is 1. The Balaban J connectivity index is 1.37. The molecule has 25 heavy (non-hydrogen) atoms. The third-order valence-corrected chi connectivity index (χ3v) is 7.14. The van der Waals surface area contributed by atoms with E-state index in [-0.39, 0.29) is 18.2 Å². The maximum absolute atomic E-state index is 6.27. The Hall–Kier alpha value is -1.40. The SMILES string of the molecule is c1csc(C2CCN3C2OC2CC3(c3ccc4c(c3)OCCC4)O2)c1. The van der Waals surface area contributed by atoms with E-state index in [1.165, 1.54) is 16.0 Å². The molecule has 6 heterocycles. The molecule has 0 saturated carbocycles. The van der Waals surface area contributed by atoms with Gasteiger partial charge >= 0.3 is 0 Å². The predicted octanol–water partition coefficient (Wildman–Crippen LogP) is 3.82. The summed E-state index contributed by atoms with van der Waals surface area (Å²) in [6.45, 7) is 1.83. The van der Waals surface area contributed by atoms with Crippen molar-refractivity contribution in [2.45, 2.75) is 49.8 Å². The van der Waals surface area contributed by atoms with E-state index < -0.39 is 0 Å². The average molecular weight is 355 g/mol. The van der Waals surface area contributed by atoms with E-state index in [0.717, 1.165) is 44.6 Å². The molecule has 130 valence electrons. The van der Waals surface area contributed by atoms with Crippen molar-refractivity contribution < 1.29 is 14.2 Å². The maximum Gasteiger partial charge on any atom is 0.166 e. The molecule has 0 amide bonds. The predicted molar refractivity (Wildman–Crippen MR) is 94.7 cm³/mol. The molecule has 5 aliphatic rings. The minimum absolute atomic E-state index is 0.0706. The molecule has 1 aromatic carbocycles. The Bertz CT molecular complexity index is 799. The number of nitrogens with zero attached hydrogens (tertiary/aromatic N) is 1. The quantitative estimate of drug-likeness (QED) is 0.819. The van der Waals surface area contributed by atoms with Gasteiger partial charge in [0.1, 0.15) is 12.0 Å². The third kappa shape index (κ3) is 2.04. The first-order valence-electron chi connectivity index (χ1n) is 9.23. The van der Waals surface area contributed by atoms with Gasteiger partial charge < -0.3 is 14.2 Å². The summed E-state index contributed by atoms with van der Waals surface area (Å²) in [6.07, 6.45) is 4.33. The summed E-state index contributed by atoms with van der Waals surface area (Å²) in [6, 6.07) is 11.1. The van der Waals surface area contributed by atoms with Gasteiger partial charge in [-0.2, -0.15) is 0 Å². The van der Waals surface area contributed by atoms with Gasteiger partial charge in [0.25, 0.3) is 0 Å². The van der Waals surface area contributed by atoms with Crippen LogP contribution in [0.4, 0.5) is 0 Å². The molecule has 2 aromatic rings. The molecular weight excluding hydrogens is 334 g/mol. The highest BCUT2D eigenvalue weighted by atomic mass is 32.1. The van der Waals surface area contributed by atoms with Crippen LogP contribution in [0, 0.1) is 0 Å². The van der Waals surface area contributed by atoms with Crippen molar-refractivity contribution in [3.8, 4) is 5.75 Å². The highest BCUT2D eigenvalue weighted by molar-refractivity contribution is 7.10. The number of hydrogen-bond acceptors (Lipinski definition) is 5. The summed E-state index contributed by atoms with van der Waals surface area (Å²) in [5.74, 6) is 1.50. The largest absolute Gasteiger partial charge is 0.493 e. The van der Waals surface area contributed by atoms with Gasteiger partial charge in [-0.1, -0.05) is 18.2 Å². The molecule has 4 nitrogen and oxygen atoms in total. The van der Waals surface area contributed by atoms with Crippen LogP contribution in [-0.2, 0) is 21.6 Å². The summed E-state index contributed by atoms with van der Waals surface area (Å²) in [5.41, 5.74) is 2.23. The van der Waals surface area contributed by atoms with Crippen molar-refractivity contribution >= 4 is 11.3 Å². The number of benzene rings is 1. The van der Waals surface area contributed by atoms with Gasteiger partial charge in [-0.3, -0.25) is 0 Å². The maximum atomic E-state index is 6.27. The smallest absolute Gasteiger partial charge is 0.166 e. The van der Waals surface area contributed by atoms with E-state index in [0.29, 0.717) is 5.92 Å². The first kappa shape index (κ1) is 14.7. The van der Waals surface area contributed by atoms with Gasteiger partial charge in [-0.05, 0) is 42.3 Å². The lowest BCUT2D eigenvalue weighted by molar-refractivity contribution is -0.449. The fourth-order valence-electron chi connectivity index (χ4n) is 4.89. The normalized spacial score (nSPS) is 36.2. The minimum atomic E-state index is -0.324. The highest BCUT2D eigenvalue weighted by Crippen LogP contribution is 2.56. The molecule has 4 unspecified atom stereocenters. The molecular formula is C20H21NO3S. The van der Waals surface area contributed by atoms with E-state index in [4.69, 9.17) is 14.2 Å². The Labute approximate surface area is 151 Å². The summed E-state index contributed by atoms with van der Waals surface area (Å²) in [4.78, 5) is 3.87.